The lowest BCUT2D eigenvalue weighted by Crippen LogP contribution is -2.25. The Morgan fingerprint density at radius 2 is 2.00 bits per heavy atom. The summed E-state index contributed by atoms with van der Waals surface area (Å²) in [6.07, 6.45) is 3.53. The molecule has 0 atom stereocenters. The van der Waals surface area contributed by atoms with E-state index in [9.17, 15) is 8.42 Å². The van der Waals surface area contributed by atoms with Gasteiger partial charge in [0.15, 0.2) is 0 Å². The summed E-state index contributed by atoms with van der Waals surface area (Å²) >= 11 is 0. The van der Waals surface area contributed by atoms with E-state index in [-0.39, 0.29) is 6.61 Å². The third kappa shape index (κ3) is 8.59. The second-order valence-corrected chi connectivity index (χ2v) is 5.05. The van der Waals surface area contributed by atoms with Crippen molar-refractivity contribution in [2.45, 2.75) is 26.2 Å². The van der Waals surface area contributed by atoms with Gasteiger partial charge in [-0.2, -0.15) is 8.42 Å². The lowest BCUT2D eigenvalue weighted by atomic mass is 10.2. The zero-order chi connectivity index (χ0) is 11.7. The van der Waals surface area contributed by atoms with Gasteiger partial charge in [0.2, 0.25) is 0 Å². The molecule has 4 nitrogen and oxygen atoms in total. The topological polar surface area (TPSA) is 46.6 Å². The van der Waals surface area contributed by atoms with E-state index in [1.165, 1.54) is 12.8 Å². The summed E-state index contributed by atoms with van der Waals surface area (Å²) in [5.74, 6) is 0. The lowest BCUT2D eigenvalue weighted by molar-refractivity contribution is 0.241. The summed E-state index contributed by atoms with van der Waals surface area (Å²) in [5, 5.41) is 0.823. The summed E-state index contributed by atoms with van der Waals surface area (Å²) in [4.78, 5) is 2.06. The molecule has 0 amide bonds. The van der Waals surface area contributed by atoms with E-state index < -0.39 is 10.1 Å². The molecule has 0 aliphatic rings. The highest BCUT2D eigenvalue weighted by atomic mass is 32.2. The molecule has 0 heterocycles. The van der Waals surface area contributed by atoms with E-state index in [0.29, 0.717) is 6.54 Å². The standard InChI is InChI=1S/C10H21NO3S/c1-4-6-7-8-11(3)9-10-14-15(12,13)5-2/h5H,2,4,6-10H2,1,3H3. The molecule has 0 aliphatic carbocycles. The highest BCUT2D eigenvalue weighted by Gasteiger charge is 2.05. The van der Waals surface area contributed by atoms with E-state index in [0.717, 1.165) is 18.4 Å². The van der Waals surface area contributed by atoms with Gasteiger partial charge < -0.3 is 4.90 Å². The number of hydrogen-bond donors (Lipinski definition) is 0. The molecule has 0 N–H and O–H groups in total. The van der Waals surface area contributed by atoms with Gasteiger partial charge in [-0.25, -0.2) is 0 Å². The van der Waals surface area contributed by atoms with Gasteiger partial charge in [-0.05, 0) is 20.0 Å². The number of nitrogens with zero attached hydrogens (tertiary/aromatic N) is 1. The maximum absolute atomic E-state index is 10.9. The largest absolute Gasteiger partial charge is 0.304 e. The fraction of sp³-hybridized carbons (Fsp3) is 0.800. The molecule has 90 valence electrons. The van der Waals surface area contributed by atoms with Crippen LogP contribution in [0, 0.1) is 0 Å². The Morgan fingerprint density at radius 1 is 1.33 bits per heavy atom. The van der Waals surface area contributed by atoms with E-state index in [1.54, 1.807) is 0 Å². The van der Waals surface area contributed by atoms with Crippen LogP contribution in [0.1, 0.15) is 26.2 Å². The SMILES string of the molecule is C=CS(=O)(=O)OCCN(C)CCCCC. The van der Waals surface area contributed by atoms with Gasteiger partial charge in [-0.15, -0.1) is 0 Å². The fourth-order valence-electron chi connectivity index (χ4n) is 1.10. The minimum Gasteiger partial charge on any atom is -0.304 e. The van der Waals surface area contributed by atoms with Gasteiger partial charge in [-0.3, -0.25) is 4.18 Å². The second-order valence-electron chi connectivity index (χ2n) is 3.49. The molecular formula is C10H21NO3S. The van der Waals surface area contributed by atoms with Crippen LogP contribution in [0.3, 0.4) is 0 Å². The van der Waals surface area contributed by atoms with Crippen molar-refractivity contribution in [1.29, 1.82) is 0 Å². The number of rotatable bonds is 9. The van der Waals surface area contributed by atoms with Gasteiger partial charge in [-0.1, -0.05) is 26.3 Å². The smallest absolute Gasteiger partial charge is 0.289 e. The summed E-state index contributed by atoms with van der Waals surface area (Å²) in [6.45, 7) is 7.11. The van der Waals surface area contributed by atoms with Crippen LogP contribution in [0.25, 0.3) is 0 Å². The first-order valence-corrected chi connectivity index (χ1v) is 6.69. The first-order chi connectivity index (χ1) is 7.02. The number of unbranched alkanes of at least 4 members (excludes halogenated alkanes) is 2. The molecule has 0 saturated carbocycles. The summed E-state index contributed by atoms with van der Waals surface area (Å²) < 4.78 is 26.4. The molecular weight excluding hydrogens is 214 g/mol. The Morgan fingerprint density at radius 3 is 2.53 bits per heavy atom. The highest BCUT2D eigenvalue weighted by molar-refractivity contribution is 7.89. The Kier molecular flexibility index (Phi) is 7.64. The predicted molar refractivity (Wildman–Crippen MR) is 62.1 cm³/mol. The molecule has 0 spiro atoms. The normalized spacial score (nSPS) is 11.9. The van der Waals surface area contributed by atoms with Gasteiger partial charge in [0.1, 0.15) is 0 Å². The minimum absolute atomic E-state index is 0.191. The quantitative estimate of drug-likeness (QED) is 0.450. The summed E-state index contributed by atoms with van der Waals surface area (Å²) in [5.41, 5.74) is 0. The van der Waals surface area contributed by atoms with Gasteiger partial charge in [0, 0.05) is 6.54 Å². The monoisotopic (exact) mass is 235 g/mol. The van der Waals surface area contributed by atoms with Crippen molar-refractivity contribution >= 4 is 10.1 Å². The van der Waals surface area contributed by atoms with Gasteiger partial charge in [0.05, 0.1) is 12.0 Å². The molecule has 0 radical (unpaired) electrons. The molecule has 0 aromatic carbocycles. The Bertz CT molecular complexity index is 262. The van der Waals surface area contributed by atoms with Crippen LogP contribution in [-0.2, 0) is 14.3 Å². The zero-order valence-electron chi connectivity index (χ0n) is 9.61. The Labute approximate surface area is 93.0 Å². The molecule has 0 aromatic rings. The molecule has 0 unspecified atom stereocenters. The summed E-state index contributed by atoms with van der Waals surface area (Å²) in [6, 6.07) is 0. The Hall–Kier alpha value is -0.390. The van der Waals surface area contributed by atoms with Crippen LogP contribution in [0.15, 0.2) is 12.0 Å². The average molecular weight is 235 g/mol. The van der Waals surface area contributed by atoms with Crippen LogP contribution in [-0.4, -0.2) is 40.1 Å². The number of hydrogen-bond acceptors (Lipinski definition) is 4. The van der Waals surface area contributed by atoms with Crippen molar-refractivity contribution in [1.82, 2.24) is 4.90 Å². The maximum Gasteiger partial charge on any atom is 0.289 e. The average Bonchev–Trinajstić information content (AvgIpc) is 2.18. The molecule has 0 aliphatic heterocycles. The number of likely N-dealkylation sites (N-methyl/N-ethyl adjacent to an activating group) is 1. The van der Waals surface area contributed by atoms with E-state index in [4.69, 9.17) is 0 Å². The summed E-state index contributed by atoms with van der Waals surface area (Å²) in [7, 11) is -1.55. The highest BCUT2D eigenvalue weighted by Crippen LogP contribution is 1.97. The lowest BCUT2D eigenvalue weighted by Gasteiger charge is -2.15. The Balaban J connectivity index is 3.55. The molecule has 0 bridgehead atoms. The third-order valence-corrected chi connectivity index (χ3v) is 2.97. The fourth-order valence-corrected chi connectivity index (χ4v) is 1.50. The van der Waals surface area contributed by atoms with Crippen molar-refractivity contribution in [2.75, 3.05) is 26.7 Å². The second kappa shape index (κ2) is 7.84. The van der Waals surface area contributed by atoms with Crippen LogP contribution in [0.2, 0.25) is 0 Å². The third-order valence-electron chi connectivity index (χ3n) is 2.07. The van der Waals surface area contributed by atoms with Crippen LogP contribution < -0.4 is 0 Å². The first kappa shape index (κ1) is 14.6. The maximum atomic E-state index is 10.9. The van der Waals surface area contributed by atoms with E-state index >= 15 is 0 Å². The molecule has 0 rings (SSSR count). The minimum atomic E-state index is -3.50. The van der Waals surface area contributed by atoms with Crippen molar-refractivity contribution < 1.29 is 12.6 Å². The predicted octanol–water partition coefficient (Wildman–Crippen LogP) is 1.60. The molecule has 15 heavy (non-hydrogen) atoms. The van der Waals surface area contributed by atoms with Gasteiger partial charge >= 0.3 is 0 Å². The van der Waals surface area contributed by atoms with Crippen LogP contribution >= 0.6 is 0 Å². The molecule has 0 aromatic heterocycles. The van der Waals surface area contributed by atoms with E-state index in [2.05, 4.69) is 22.6 Å². The van der Waals surface area contributed by atoms with Crippen LogP contribution in [0.4, 0.5) is 0 Å². The van der Waals surface area contributed by atoms with Gasteiger partial charge in [0.25, 0.3) is 10.1 Å². The van der Waals surface area contributed by atoms with Crippen LogP contribution in [0.5, 0.6) is 0 Å². The van der Waals surface area contributed by atoms with Crippen molar-refractivity contribution in [3.8, 4) is 0 Å². The van der Waals surface area contributed by atoms with Crippen molar-refractivity contribution in [3.05, 3.63) is 12.0 Å². The van der Waals surface area contributed by atoms with Crippen molar-refractivity contribution in [3.63, 3.8) is 0 Å². The zero-order valence-corrected chi connectivity index (χ0v) is 10.4. The molecule has 5 heteroatoms. The first-order valence-electron chi connectivity index (χ1n) is 5.22. The van der Waals surface area contributed by atoms with E-state index in [1.807, 2.05) is 7.05 Å². The molecule has 0 fully saturated rings. The molecule has 0 saturated heterocycles. The van der Waals surface area contributed by atoms with Crippen molar-refractivity contribution in [2.24, 2.45) is 0 Å².